The van der Waals surface area contributed by atoms with Gasteiger partial charge in [-0.3, -0.25) is 4.79 Å². The third-order valence-corrected chi connectivity index (χ3v) is 6.62. The molecule has 32 heavy (non-hydrogen) atoms. The number of fused-ring (bicyclic) bond motifs is 2. The molecule has 0 spiro atoms. The number of rotatable bonds is 4. The van der Waals surface area contributed by atoms with Crippen LogP contribution in [-0.4, -0.2) is 48.7 Å². The lowest BCUT2D eigenvalue weighted by molar-refractivity contribution is 0.0901. The number of thiazole rings is 1. The predicted octanol–water partition coefficient (Wildman–Crippen LogP) is 3.94. The summed E-state index contributed by atoms with van der Waals surface area (Å²) in [5, 5.41) is 7.30. The summed E-state index contributed by atoms with van der Waals surface area (Å²) in [6.07, 6.45) is 2.54. The van der Waals surface area contributed by atoms with Crippen LogP contribution in [0.4, 0.5) is 28.0 Å². The molecule has 1 aromatic carbocycles. The number of nitrogens with one attached hydrogen (secondary N) is 2. The van der Waals surface area contributed by atoms with Crippen LogP contribution in [-0.2, 0) is 6.42 Å². The van der Waals surface area contributed by atoms with Crippen LogP contribution >= 0.6 is 11.3 Å². The molecule has 0 atom stereocenters. The minimum Gasteiger partial charge on any atom is -0.490 e. The van der Waals surface area contributed by atoms with E-state index in [1.165, 1.54) is 11.3 Å². The highest BCUT2D eigenvalue weighted by Crippen LogP contribution is 2.42. The summed E-state index contributed by atoms with van der Waals surface area (Å²) in [6, 6.07) is 9.99. The Labute approximate surface area is 191 Å². The maximum Gasteiger partial charge on any atom is 0.263 e. The number of aromatic nitrogens is 2. The Balaban J connectivity index is 1.44. The van der Waals surface area contributed by atoms with Gasteiger partial charge in [0.25, 0.3) is 5.91 Å². The minimum absolute atomic E-state index is 0.0439. The third-order valence-electron chi connectivity index (χ3n) is 5.50. The first-order chi connectivity index (χ1) is 15.3. The molecule has 2 aliphatic rings. The van der Waals surface area contributed by atoms with Crippen molar-refractivity contribution in [2.45, 2.75) is 25.8 Å². The largest absolute Gasteiger partial charge is 0.490 e. The van der Waals surface area contributed by atoms with E-state index >= 15 is 0 Å². The monoisotopic (exact) mass is 450 g/mol. The molecule has 2 aliphatic heterocycles. The number of hydrogen-bond donors (Lipinski definition) is 2. The van der Waals surface area contributed by atoms with E-state index in [1.807, 2.05) is 63.3 Å². The second kappa shape index (κ2) is 7.67. The van der Waals surface area contributed by atoms with E-state index < -0.39 is 0 Å². The maximum atomic E-state index is 12.6. The summed E-state index contributed by atoms with van der Waals surface area (Å²) in [5.41, 5.74) is 3.35. The fourth-order valence-electron chi connectivity index (χ4n) is 3.96. The first-order valence-corrected chi connectivity index (χ1v) is 11.4. The van der Waals surface area contributed by atoms with Crippen LogP contribution < -0.4 is 25.2 Å². The highest BCUT2D eigenvalue weighted by molar-refractivity contribution is 7.17. The first-order valence-electron chi connectivity index (χ1n) is 10.6. The van der Waals surface area contributed by atoms with Gasteiger partial charge in [-0.2, -0.15) is 0 Å². The zero-order chi connectivity index (χ0) is 22.5. The van der Waals surface area contributed by atoms with Gasteiger partial charge < -0.3 is 25.2 Å². The molecule has 0 radical (unpaired) electrons. The van der Waals surface area contributed by atoms with Crippen molar-refractivity contribution in [3.63, 3.8) is 0 Å². The second-order valence-corrected chi connectivity index (χ2v) is 9.87. The van der Waals surface area contributed by atoms with E-state index in [0.29, 0.717) is 18.0 Å². The van der Waals surface area contributed by atoms with Gasteiger partial charge >= 0.3 is 0 Å². The predicted molar refractivity (Wildman–Crippen MR) is 128 cm³/mol. The molecule has 0 aliphatic carbocycles. The SMILES string of the molecule is CN(C)c1ccc(Nc2ccc3c(c2)N(c2nc4c(s2)C(=O)NC(C)(C)C4)CCO3)cn1. The molecule has 0 saturated heterocycles. The quantitative estimate of drug-likeness (QED) is 0.623. The summed E-state index contributed by atoms with van der Waals surface area (Å²) >= 11 is 1.44. The van der Waals surface area contributed by atoms with E-state index in [0.717, 1.165) is 45.9 Å². The lowest BCUT2D eigenvalue weighted by atomic mass is 9.94. The number of benzene rings is 1. The van der Waals surface area contributed by atoms with E-state index in [2.05, 4.69) is 26.6 Å². The van der Waals surface area contributed by atoms with E-state index in [-0.39, 0.29) is 11.4 Å². The second-order valence-electron chi connectivity index (χ2n) is 8.89. The summed E-state index contributed by atoms with van der Waals surface area (Å²) in [5.74, 6) is 1.67. The normalized spacial score (nSPS) is 16.5. The first kappa shape index (κ1) is 20.6. The van der Waals surface area contributed by atoms with Gasteiger partial charge in [0.2, 0.25) is 0 Å². The van der Waals surface area contributed by atoms with Crippen molar-refractivity contribution in [2.24, 2.45) is 0 Å². The van der Waals surface area contributed by atoms with Crippen molar-refractivity contribution in [1.82, 2.24) is 15.3 Å². The number of carbonyl (C=O) groups excluding carboxylic acids is 1. The molecule has 5 rings (SSSR count). The summed E-state index contributed by atoms with van der Waals surface area (Å²) in [4.78, 5) is 26.7. The van der Waals surface area contributed by atoms with Crippen LogP contribution in [0.25, 0.3) is 0 Å². The van der Waals surface area contributed by atoms with Gasteiger partial charge in [-0.1, -0.05) is 11.3 Å². The summed E-state index contributed by atoms with van der Waals surface area (Å²) in [6.45, 7) is 5.29. The molecule has 2 aromatic heterocycles. The molecule has 9 heteroatoms. The Kier molecular flexibility index (Phi) is 4.93. The van der Waals surface area contributed by atoms with Gasteiger partial charge in [-0.05, 0) is 44.2 Å². The maximum absolute atomic E-state index is 12.6. The standard InChI is InChI=1S/C23H26N6O2S/c1-23(2)12-16-20(21(30)27-23)32-22(26-16)29-9-10-31-18-7-5-14(11-17(18)29)25-15-6-8-19(24-13-15)28(3)4/h5-8,11,13,25H,9-10,12H2,1-4H3,(H,27,30). The van der Waals surface area contributed by atoms with E-state index in [1.54, 1.807) is 0 Å². The van der Waals surface area contributed by atoms with Crippen molar-refractivity contribution in [2.75, 3.05) is 42.4 Å². The van der Waals surface area contributed by atoms with Gasteiger partial charge in [0.15, 0.2) is 5.13 Å². The van der Waals surface area contributed by atoms with Crippen LogP contribution in [0.3, 0.4) is 0 Å². The number of ether oxygens (including phenoxy) is 1. The number of hydrogen-bond acceptors (Lipinski definition) is 8. The number of nitrogens with zero attached hydrogens (tertiary/aromatic N) is 4. The number of carbonyl (C=O) groups is 1. The van der Waals surface area contributed by atoms with Crippen molar-refractivity contribution < 1.29 is 9.53 Å². The lowest BCUT2D eigenvalue weighted by Gasteiger charge is -2.30. The number of pyridine rings is 1. The summed E-state index contributed by atoms with van der Waals surface area (Å²) < 4.78 is 5.89. The number of amides is 1. The van der Waals surface area contributed by atoms with E-state index in [4.69, 9.17) is 9.72 Å². The molecule has 2 N–H and O–H groups in total. The highest BCUT2D eigenvalue weighted by atomic mass is 32.1. The Morgan fingerprint density at radius 2 is 2.03 bits per heavy atom. The number of anilines is 5. The van der Waals surface area contributed by atoms with Crippen LogP contribution in [0, 0.1) is 0 Å². The Hall–Kier alpha value is -3.33. The lowest BCUT2D eigenvalue weighted by Crippen LogP contribution is -2.48. The Morgan fingerprint density at radius 3 is 2.78 bits per heavy atom. The molecule has 0 saturated carbocycles. The fraction of sp³-hybridized carbons (Fsp3) is 0.348. The van der Waals surface area contributed by atoms with Gasteiger partial charge in [-0.15, -0.1) is 0 Å². The molecule has 0 bridgehead atoms. The van der Waals surface area contributed by atoms with Crippen molar-refractivity contribution in [1.29, 1.82) is 0 Å². The third kappa shape index (κ3) is 3.84. The van der Waals surface area contributed by atoms with Gasteiger partial charge in [0, 0.05) is 31.7 Å². The van der Waals surface area contributed by atoms with Crippen LogP contribution in [0.5, 0.6) is 5.75 Å². The molecular weight excluding hydrogens is 424 g/mol. The average Bonchev–Trinajstić information content (AvgIpc) is 3.16. The molecular formula is C23H26N6O2S. The van der Waals surface area contributed by atoms with Gasteiger partial charge in [0.1, 0.15) is 23.1 Å². The molecule has 3 aromatic rings. The Bertz CT molecular complexity index is 1170. The van der Waals surface area contributed by atoms with Crippen molar-refractivity contribution in [3.05, 3.63) is 47.1 Å². The molecule has 8 nitrogen and oxygen atoms in total. The fourth-order valence-corrected chi connectivity index (χ4v) is 4.98. The highest BCUT2D eigenvalue weighted by Gasteiger charge is 2.34. The summed E-state index contributed by atoms with van der Waals surface area (Å²) in [7, 11) is 3.93. The van der Waals surface area contributed by atoms with Crippen LogP contribution in [0.1, 0.15) is 29.2 Å². The smallest absolute Gasteiger partial charge is 0.263 e. The topological polar surface area (TPSA) is 82.6 Å². The zero-order valence-electron chi connectivity index (χ0n) is 18.6. The molecule has 0 unspecified atom stereocenters. The molecule has 166 valence electrons. The molecule has 1 amide bonds. The minimum atomic E-state index is -0.286. The average molecular weight is 451 g/mol. The van der Waals surface area contributed by atoms with Crippen molar-refractivity contribution >= 4 is 45.3 Å². The van der Waals surface area contributed by atoms with Crippen molar-refractivity contribution in [3.8, 4) is 5.75 Å². The van der Waals surface area contributed by atoms with Gasteiger partial charge in [-0.25, -0.2) is 9.97 Å². The van der Waals surface area contributed by atoms with E-state index in [9.17, 15) is 4.79 Å². The Morgan fingerprint density at radius 1 is 1.22 bits per heavy atom. The molecule has 4 heterocycles. The molecule has 0 fully saturated rings. The van der Waals surface area contributed by atoms with Crippen LogP contribution in [0.2, 0.25) is 0 Å². The van der Waals surface area contributed by atoms with Crippen LogP contribution in [0.15, 0.2) is 36.5 Å². The van der Waals surface area contributed by atoms with Gasteiger partial charge in [0.05, 0.1) is 29.8 Å². The zero-order valence-corrected chi connectivity index (χ0v) is 19.4.